The Balaban J connectivity index is 2.66. The molecule has 1 unspecified atom stereocenters. The van der Waals surface area contributed by atoms with E-state index in [0.29, 0.717) is 0 Å². The van der Waals surface area contributed by atoms with Crippen molar-refractivity contribution in [3.63, 3.8) is 0 Å². The minimum Gasteiger partial charge on any atom is -0.462 e. The fourth-order valence-corrected chi connectivity index (χ4v) is 3.82. The van der Waals surface area contributed by atoms with Gasteiger partial charge in [0.05, 0.1) is 18.2 Å². The molecule has 1 heterocycles. The molecule has 1 atom stereocenters. The summed E-state index contributed by atoms with van der Waals surface area (Å²) in [6.45, 7) is 10.5. The fourth-order valence-electron chi connectivity index (χ4n) is 3.82. The molecule has 33 heavy (non-hydrogen) atoms. The topological polar surface area (TPSA) is 118 Å². The Kier molecular flexibility index (Phi) is 8.46. The number of cyclic esters (lactones) is 2. The first kappa shape index (κ1) is 26.6. The van der Waals surface area contributed by atoms with Crippen LogP contribution in [0, 0.1) is 11.3 Å². The van der Waals surface area contributed by atoms with Crippen molar-refractivity contribution < 1.29 is 38.1 Å². The van der Waals surface area contributed by atoms with E-state index in [9.17, 15) is 19.2 Å². The molecular formula is C24H35NO8. The number of hydrogen-bond acceptors (Lipinski definition) is 9. The van der Waals surface area contributed by atoms with Gasteiger partial charge in [0.2, 0.25) is 0 Å². The summed E-state index contributed by atoms with van der Waals surface area (Å²) in [5, 5.41) is 0. The van der Waals surface area contributed by atoms with E-state index in [0.717, 1.165) is 32.1 Å². The molecule has 2 aliphatic rings. The van der Waals surface area contributed by atoms with Gasteiger partial charge < -0.3 is 18.9 Å². The van der Waals surface area contributed by atoms with Gasteiger partial charge in [-0.3, -0.25) is 14.4 Å². The molecule has 1 saturated heterocycles. The number of carbonyl (C=O) groups is 4. The number of hydrogen-bond donors (Lipinski definition) is 0. The molecule has 9 nitrogen and oxygen atoms in total. The zero-order chi connectivity index (χ0) is 25.0. The summed E-state index contributed by atoms with van der Waals surface area (Å²) >= 11 is 0. The van der Waals surface area contributed by atoms with Gasteiger partial charge in [-0.25, -0.2) is 9.79 Å². The summed E-state index contributed by atoms with van der Waals surface area (Å²) in [5.74, 6) is -4.45. The number of aliphatic imine (C=N–C) groups is 1. The molecule has 2 fully saturated rings. The van der Waals surface area contributed by atoms with E-state index in [2.05, 4.69) is 10.9 Å². The van der Waals surface area contributed by atoms with Crippen molar-refractivity contribution in [3.05, 3.63) is 5.57 Å². The van der Waals surface area contributed by atoms with E-state index in [1.807, 2.05) is 0 Å². The summed E-state index contributed by atoms with van der Waals surface area (Å²) in [6, 6.07) is -0.0839. The van der Waals surface area contributed by atoms with Gasteiger partial charge in [-0.15, -0.1) is 0 Å². The Morgan fingerprint density at radius 2 is 1.45 bits per heavy atom. The second-order valence-electron chi connectivity index (χ2n) is 9.70. The first-order valence-corrected chi connectivity index (χ1v) is 11.5. The summed E-state index contributed by atoms with van der Waals surface area (Å²) in [4.78, 5) is 56.9. The third-order valence-electron chi connectivity index (χ3n) is 5.48. The molecule has 184 valence electrons. The maximum Gasteiger partial charge on any atom is 0.344 e. The molecule has 0 spiro atoms. The van der Waals surface area contributed by atoms with Crippen molar-refractivity contribution in [2.75, 3.05) is 0 Å². The summed E-state index contributed by atoms with van der Waals surface area (Å²) in [5.41, 5.74) is -2.56. The zero-order valence-electron chi connectivity index (χ0n) is 20.6. The first-order chi connectivity index (χ1) is 15.3. The minimum absolute atomic E-state index is 0.0839. The average molecular weight is 466 g/mol. The molecule has 0 aromatic carbocycles. The molecule has 0 N–H and O–H groups in total. The third kappa shape index (κ3) is 6.44. The van der Waals surface area contributed by atoms with Gasteiger partial charge in [-0.05, 0) is 53.3 Å². The number of rotatable bonds is 7. The van der Waals surface area contributed by atoms with E-state index in [4.69, 9.17) is 18.9 Å². The normalized spacial score (nSPS) is 20.9. The number of esters is 4. The Bertz CT molecular complexity index is 825. The molecule has 9 heteroatoms. The van der Waals surface area contributed by atoms with Crippen molar-refractivity contribution in [2.24, 2.45) is 16.3 Å². The summed E-state index contributed by atoms with van der Waals surface area (Å²) in [7, 11) is 0. The highest BCUT2D eigenvalue weighted by Crippen LogP contribution is 2.42. The van der Waals surface area contributed by atoms with Gasteiger partial charge in [0, 0.05) is 13.8 Å². The number of carbonyl (C=O) groups excluding carboxylic acids is 4. The molecule has 1 aliphatic carbocycles. The fraction of sp³-hybridized carbons (Fsp3) is 0.750. The predicted molar refractivity (Wildman–Crippen MR) is 118 cm³/mol. The first-order valence-electron chi connectivity index (χ1n) is 11.5. The lowest BCUT2D eigenvalue weighted by atomic mass is 9.72. The summed E-state index contributed by atoms with van der Waals surface area (Å²) < 4.78 is 21.2. The maximum absolute atomic E-state index is 13.2. The standard InChI is InChI=1S/C24H35NO8/c1-14(2)30-19(26)17(13-25-16-11-9-8-10-12-16)18(20(27)31-15(3)4)24(7)21(28)32-23(5,6)33-22(24)29/h14-16,18H,8-12H2,1-7H3. The minimum atomic E-state index is -2.19. The molecule has 1 aliphatic heterocycles. The van der Waals surface area contributed by atoms with Crippen molar-refractivity contribution in [2.45, 2.75) is 105 Å². The zero-order valence-corrected chi connectivity index (χ0v) is 20.6. The predicted octanol–water partition coefficient (Wildman–Crippen LogP) is 3.28. The quantitative estimate of drug-likeness (QED) is 0.185. The van der Waals surface area contributed by atoms with Gasteiger partial charge in [0.15, 0.2) is 5.41 Å². The van der Waals surface area contributed by atoms with Crippen LogP contribution < -0.4 is 0 Å². The average Bonchev–Trinajstić information content (AvgIpc) is 2.68. The van der Waals surface area contributed by atoms with Crippen molar-refractivity contribution in [1.29, 1.82) is 0 Å². The van der Waals surface area contributed by atoms with Crippen LogP contribution in [0.2, 0.25) is 0 Å². The van der Waals surface area contributed by atoms with Crippen molar-refractivity contribution in [1.82, 2.24) is 0 Å². The van der Waals surface area contributed by atoms with Crippen LogP contribution in [0.3, 0.4) is 0 Å². The van der Waals surface area contributed by atoms with Crippen LogP contribution >= 0.6 is 0 Å². The van der Waals surface area contributed by atoms with E-state index in [1.165, 1.54) is 20.8 Å². The SMILES string of the molecule is CC(C)OC(=O)C(=C=NC1CCCCC1)C(C(=O)OC(C)C)C1(C)C(=O)OC(C)(C)OC1=O. The van der Waals surface area contributed by atoms with Crippen molar-refractivity contribution in [3.8, 4) is 0 Å². The molecule has 0 aromatic rings. The van der Waals surface area contributed by atoms with Crippen LogP contribution in [0.4, 0.5) is 0 Å². The molecule has 0 amide bonds. The number of ether oxygens (including phenoxy) is 4. The van der Waals surface area contributed by atoms with Crippen LogP contribution in [0.15, 0.2) is 10.6 Å². The number of nitrogens with zero attached hydrogens (tertiary/aromatic N) is 1. The van der Waals surface area contributed by atoms with E-state index in [-0.39, 0.29) is 11.6 Å². The van der Waals surface area contributed by atoms with E-state index in [1.54, 1.807) is 27.7 Å². The maximum atomic E-state index is 13.2. The largest absolute Gasteiger partial charge is 0.462 e. The van der Waals surface area contributed by atoms with Crippen LogP contribution in [-0.4, -0.2) is 53.8 Å². The van der Waals surface area contributed by atoms with Crippen LogP contribution in [-0.2, 0) is 38.1 Å². The Morgan fingerprint density at radius 3 is 1.94 bits per heavy atom. The lowest BCUT2D eigenvalue weighted by Gasteiger charge is -2.41. The third-order valence-corrected chi connectivity index (χ3v) is 5.48. The highest BCUT2D eigenvalue weighted by atomic mass is 16.7. The van der Waals surface area contributed by atoms with Crippen molar-refractivity contribution >= 4 is 29.7 Å². The second-order valence-corrected chi connectivity index (χ2v) is 9.70. The van der Waals surface area contributed by atoms with Gasteiger partial charge in [0.1, 0.15) is 11.5 Å². The van der Waals surface area contributed by atoms with Crippen LogP contribution in [0.5, 0.6) is 0 Å². The van der Waals surface area contributed by atoms with Crippen LogP contribution in [0.1, 0.15) is 80.6 Å². The highest BCUT2D eigenvalue weighted by Gasteiger charge is 2.62. The van der Waals surface area contributed by atoms with Gasteiger partial charge >= 0.3 is 23.9 Å². The smallest absolute Gasteiger partial charge is 0.344 e. The Labute approximate surface area is 194 Å². The monoisotopic (exact) mass is 465 g/mol. The Hall–Kier alpha value is -2.67. The van der Waals surface area contributed by atoms with Gasteiger partial charge in [-0.2, -0.15) is 0 Å². The Morgan fingerprint density at radius 1 is 0.939 bits per heavy atom. The van der Waals surface area contributed by atoms with E-state index >= 15 is 0 Å². The lowest BCUT2D eigenvalue weighted by molar-refractivity contribution is -0.253. The molecule has 0 bridgehead atoms. The molecule has 0 radical (unpaired) electrons. The van der Waals surface area contributed by atoms with Crippen LogP contribution in [0.25, 0.3) is 0 Å². The highest BCUT2D eigenvalue weighted by molar-refractivity contribution is 6.11. The lowest BCUT2D eigenvalue weighted by Crippen LogP contribution is -2.58. The van der Waals surface area contributed by atoms with Gasteiger partial charge in [0.25, 0.3) is 5.79 Å². The van der Waals surface area contributed by atoms with Gasteiger partial charge in [-0.1, -0.05) is 19.3 Å². The second kappa shape index (κ2) is 10.5. The molecule has 1 saturated carbocycles. The summed E-state index contributed by atoms with van der Waals surface area (Å²) in [6.07, 6.45) is 3.62. The molecule has 2 rings (SSSR count). The van der Waals surface area contributed by atoms with E-state index < -0.39 is 53.2 Å². The molecule has 0 aromatic heterocycles. The molecular weight excluding hydrogens is 430 g/mol.